The van der Waals surface area contributed by atoms with Gasteiger partial charge in [0.25, 0.3) is 0 Å². The Hall–Kier alpha value is -1.54. The van der Waals surface area contributed by atoms with E-state index in [1.54, 1.807) is 0 Å². The second-order valence-corrected chi connectivity index (χ2v) is 4.72. The van der Waals surface area contributed by atoms with Crippen molar-refractivity contribution in [3.63, 3.8) is 0 Å². The van der Waals surface area contributed by atoms with E-state index in [0.717, 1.165) is 16.8 Å². The van der Waals surface area contributed by atoms with Gasteiger partial charge in [-0.15, -0.1) is 0 Å². The van der Waals surface area contributed by atoms with Crippen molar-refractivity contribution in [2.45, 2.75) is 6.54 Å². The summed E-state index contributed by atoms with van der Waals surface area (Å²) in [6, 6.07) is 18.9. The predicted molar refractivity (Wildman–Crippen MR) is 69.8 cm³/mol. The van der Waals surface area contributed by atoms with Crippen LogP contribution in [0.5, 0.6) is 0 Å². The monoisotopic (exact) mass is 213 g/mol. The highest BCUT2D eigenvalue weighted by atomic mass is 28.1. The maximum Gasteiger partial charge on any atom is 0.0399 e. The Morgan fingerprint density at radius 1 is 0.867 bits per heavy atom. The summed E-state index contributed by atoms with van der Waals surface area (Å²) in [5.74, 6) is 0. The van der Waals surface area contributed by atoms with Crippen molar-refractivity contribution in [1.29, 1.82) is 0 Å². The van der Waals surface area contributed by atoms with Gasteiger partial charge in [0, 0.05) is 22.5 Å². The normalized spacial score (nSPS) is 10.1. The molecule has 0 aliphatic heterocycles. The second-order valence-electron chi connectivity index (χ2n) is 3.65. The fourth-order valence-electron chi connectivity index (χ4n) is 1.56. The number of hydrogen-bond acceptors (Lipinski definition) is 1. The highest BCUT2D eigenvalue weighted by Gasteiger charge is 1.95. The van der Waals surface area contributed by atoms with Gasteiger partial charge in [-0.25, -0.2) is 0 Å². The van der Waals surface area contributed by atoms with Crippen molar-refractivity contribution in [2.75, 3.05) is 5.32 Å². The molecule has 0 bridgehead atoms. The van der Waals surface area contributed by atoms with E-state index in [0.29, 0.717) is 0 Å². The molecule has 0 heterocycles. The molecule has 2 rings (SSSR count). The quantitative estimate of drug-likeness (QED) is 0.758. The Labute approximate surface area is 93.6 Å². The summed E-state index contributed by atoms with van der Waals surface area (Å²) >= 11 is 0. The molecule has 0 saturated heterocycles. The van der Waals surface area contributed by atoms with Gasteiger partial charge in [-0.3, -0.25) is 0 Å². The van der Waals surface area contributed by atoms with Gasteiger partial charge in [0.15, 0.2) is 0 Å². The van der Waals surface area contributed by atoms with Crippen molar-refractivity contribution in [1.82, 2.24) is 0 Å². The summed E-state index contributed by atoms with van der Waals surface area (Å²) < 4.78 is 0. The number of rotatable bonds is 3. The third-order valence-electron chi connectivity index (χ3n) is 2.52. The lowest BCUT2D eigenvalue weighted by molar-refractivity contribution is 1.16. The molecule has 0 aromatic heterocycles. The number of para-hydroxylation sites is 1. The third kappa shape index (κ3) is 2.70. The molecule has 2 heteroatoms. The summed E-state index contributed by atoms with van der Waals surface area (Å²) in [5.41, 5.74) is 2.59. The van der Waals surface area contributed by atoms with Crippen molar-refractivity contribution in [3.05, 3.63) is 60.2 Å². The zero-order chi connectivity index (χ0) is 10.5. The Kier molecular flexibility index (Phi) is 3.20. The maximum atomic E-state index is 3.42. The van der Waals surface area contributed by atoms with Crippen molar-refractivity contribution >= 4 is 21.1 Å². The summed E-state index contributed by atoms with van der Waals surface area (Å²) in [5, 5.41) is 4.90. The Bertz CT molecular complexity index is 426. The molecule has 1 nitrogen and oxygen atoms in total. The molecule has 0 saturated carbocycles. The molecule has 0 unspecified atom stereocenters. The van der Waals surface area contributed by atoms with Gasteiger partial charge in [0.1, 0.15) is 0 Å². The first-order chi connectivity index (χ1) is 7.36. The van der Waals surface area contributed by atoms with Crippen LogP contribution < -0.4 is 10.5 Å². The lowest BCUT2D eigenvalue weighted by atomic mass is 10.2. The SMILES string of the molecule is [SiH3]c1ccccc1CNc1ccccc1. The summed E-state index contributed by atoms with van der Waals surface area (Å²) in [7, 11) is 1.11. The Balaban J connectivity index is 2.03. The van der Waals surface area contributed by atoms with Crippen LogP contribution in [0.3, 0.4) is 0 Å². The Morgan fingerprint density at radius 2 is 1.53 bits per heavy atom. The first kappa shape index (κ1) is 9.99. The minimum atomic E-state index is 0.920. The van der Waals surface area contributed by atoms with E-state index in [2.05, 4.69) is 53.8 Å². The molecule has 0 radical (unpaired) electrons. The highest BCUT2D eigenvalue weighted by molar-refractivity contribution is 6.33. The molecule has 1 N–H and O–H groups in total. The fourth-order valence-corrected chi connectivity index (χ4v) is 2.10. The van der Waals surface area contributed by atoms with Crippen LogP contribution in [0.25, 0.3) is 0 Å². The number of benzene rings is 2. The van der Waals surface area contributed by atoms with E-state index in [9.17, 15) is 0 Å². The molecule has 0 aliphatic carbocycles. The van der Waals surface area contributed by atoms with Crippen molar-refractivity contribution in [2.24, 2.45) is 0 Å². The lowest BCUT2D eigenvalue weighted by Gasteiger charge is -2.08. The largest absolute Gasteiger partial charge is 0.381 e. The van der Waals surface area contributed by atoms with Crippen LogP contribution >= 0.6 is 0 Å². The van der Waals surface area contributed by atoms with Crippen LogP contribution in [0.4, 0.5) is 5.69 Å². The van der Waals surface area contributed by atoms with E-state index in [1.165, 1.54) is 16.4 Å². The summed E-state index contributed by atoms with van der Waals surface area (Å²) in [6.45, 7) is 0.920. The predicted octanol–water partition coefficient (Wildman–Crippen LogP) is 1.29. The van der Waals surface area contributed by atoms with Crippen molar-refractivity contribution < 1.29 is 0 Å². The van der Waals surface area contributed by atoms with Gasteiger partial charge in [-0.1, -0.05) is 47.7 Å². The minimum Gasteiger partial charge on any atom is -0.381 e. The molecule has 76 valence electrons. The maximum absolute atomic E-state index is 3.42. The van der Waals surface area contributed by atoms with Crippen LogP contribution in [0, 0.1) is 0 Å². The molecule has 0 atom stereocenters. The third-order valence-corrected chi connectivity index (χ3v) is 3.49. The standard InChI is InChI=1S/C13H15NSi/c15-13-9-5-4-6-11(13)10-14-12-7-2-1-3-8-12/h1-9,14H,10H2,15H3. The summed E-state index contributed by atoms with van der Waals surface area (Å²) in [4.78, 5) is 0. The number of anilines is 1. The lowest BCUT2D eigenvalue weighted by Crippen LogP contribution is -2.13. The van der Waals surface area contributed by atoms with E-state index >= 15 is 0 Å². The molecule has 2 aromatic rings. The zero-order valence-electron chi connectivity index (χ0n) is 8.90. The highest BCUT2D eigenvalue weighted by Crippen LogP contribution is 2.06. The van der Waals surface area contributed by atoms with Crippen LogP contribution in [-0.2, 0) is 6.54 Å². The molecule has 0 amide bonds. The van der Waals surface area contributed by atoms with E-state index in [1.807, 2.05) is 6.07 Å². The van der Waals surface area contributed by atoms with Crippen LogP contribution in [0.2, 0.25) is 0 Å². The van der Waals surface area contributed by atoms with E-state index in [4.69, 9.17) is 0 Å². The van der Waals surface area contributed by atoms with Gasteiger partial charge in [-0.2, -0.15) is 0 Å². The molecule has 0 fully saturated rings. The topological polar surface area (TPSA) is 12.0 Å². The van der Waals surface area contributed by atoms with Gasteiger partial charge >= 0.3 is 0 Å². The molecular weight excluding hydrogens is 198 g/mol. The number of hydrogen-bond donors (Lipinski definition) is 1. The van der Waals surface area contributed by atoms with Gasteiger partial charge in [0.2, 0.25) is 0 Å². The van der Waals surface area contributed by atoms with E-state index in [-0.39, 0.29) is 0 Å². The molecule has 0 aliphatic rings. The van der Waals surface area contributed by atoms with Gasteiger partial charge < -0.3 is 5.32 Å². The molecule has 0 spiro atoms. The first-order valence-electron chi connectivity index (χ1n) is 5.20. The van der Waals surface area contributed by atoms with Crippen LogP contribution in [0.1, 0.15) is 5.56 Å². The van der Waals surface area contributed by atoms with Gasteiger partial charge in [0.05, 0.1) is 0 Å². The second kappa shape index (κ2) is 4.80. The Morgan fingerprint density at radius 3 is 2.27 bits per heavy atom. The van der Waals surface area contributed by atoms with Crippen molar-refractivity contribution in [3.8, 4) is 0 Å². The zero-order valence-corrected chi connectivity index (χ0v) is 10.9. The molecule has 2 aromatic carbocycles. The molecule has 15 heavy (non-hydrogen) atoms. The minimum absolute atomic E-state index is 0.920. The smallest absolute Gasteiger partial charge is 0.0399 e. The average molecular weight is 213 g/mol. The molecular formula is C13H15NSi. The van der Waals surface area contributed by atoms with Gasteiger partial charge in [-0.05, 0) is 17.7 Å². The van der Waals surface area contributed by atoms with E-state index < -0.39 is 0 Å². The fraction of sp³-hybridized carbons (Fsp3) is 0.0769. The number of nitrogens with one attached hydrogen (secondary N) is 1. The first-order valence-corrected chi connectivity index (χ1v) is 6.20. The van der Waals surface area contributed by atoms with Crippen LogP contribution in [0.15, 0.2) is 54.6 Å². The average Bonchev–Trinajstić information content (AvgIpc) is 2.29. The van der Waals surface area contributed by atoms with Crippen LogP contribution in [-0.4, -0.2) is 10.2 Å². The summed E-state index contributed by atoms with van der Waals surface area (Å²) in [6.07, 6.45) is 0.